The minimum absolute atomic E-state index is 0.346. The van der Waals surface area contributed by atoms with Gasteiger partial charge in [-0.1, -0.05) is 6.07 Å². The molecule has 0 bridgehead atoms. The molecule has 0 saturated heterocycles. The number of rotatable bonds is 7. The van der Waals surface area contributed by atoms with Crippen molar-refractivity contribution in [2.75, 3.05) is 30.5 Å². The van der Waals surface area contributed by atoms with E-state index in [9.17, 15) is 4.79 Å². The summed E-state index contributed by atoms with van der Waals surface area (Å²) < 4.78 is 5.04. The molecule has 0 atom stereocenters. The largest absolute Gasteiger partial charge is 0.462 e. The summed E-state index contributed by atoms with van der Waals surface area (Å²) in [6.45, 7) is 2.96. The second kappa shape index (κ2) is 7.72. The van der Waals surface area contributed by atoms with Crippen molar-refractivity contribution in [2.24, 2.45) is 0 Å². The molecule has 0 amide bonds. The van der Waals surface area contributed by atoms with E-state index in [0.717, 1.165) is 22.9 Å². The van der Waals surface area contributed by atoms with Crippen LogP contribution >= 0.6 is 34.4 Å². The molecule has 0 aliphatic rings. The van der Waals surface area contributed by atoms with E-state index in [0.29, 0.717) is 17.2 Å². The Hall–Kier alpha value is -1.18. The summed E-state index contributed by atoms with van der Waals surface area (Å²) in [5, 5.41) is 6.40. The topological polar surface area (TPSA) is 64.3 Å². The third kappa shape index (κ3) is 3.93. The Bertz CT molecular complexity index is 594. The van der Waals surface area contributed by atoms with Crippen LogP contribution in [0.3, 0.4) is 0 Å². The molecule has 0 spiro atoms. The van der Waals surface area contributed by atoms with Crippen molar-refractivity contribution in [1.82, 2.24) is 0 Å². The van der Waals surface area contributed by atoms with Crippen molar-refractivity contribution in [1.29, 1.82) is 0 Å². The van der Waals surface area contributed by atoms with Crippen molar-refractivity contribution in [3.63, 3.8) is 0 Å². The highest BCUT2D eigenvalue weighted by Crippen LogP contribution is 2.41. The summed E-state index contributed by atoms with van der Waals surface area (Å²) in [6, 6.07) is 4.17. The lowest BCUT2D eigenvalue weighted by Gasteiger charge is -2.05. The van der Waals surface area contributed by atoms with E-state index in [1.165, 1.54) is 16.2 Å². The van der Waals surface area contributed by atoms with Gasteiger partial charge in [0.2, 0.25) is 0 Å². The number of nitrogens with one attached hydrogen (secondary N) is 1. The fourth-order valence-electron chi connectivity index (χ4n) is 1.85. The first kappa shape index (κ1) is 16.2. The Morgan fingerprint density at radius 1 is 1.52 bits per heavy atom. The molecular formula is C14H18N2O2S3. The molecule has 0 aromatic carbocycles. The standard InChI is InChI=1S/C14H18N2O2S3/c1-3-18-14(17)12-10(15)11(19-2)13(21-12)16-7-6-9-5-4-8-20-9/h4-5,8,16H,3,6-7,15H2,1-2H3. The van der Waals surface area contributed by atoms with Crippen LogP contribution in [0, 0.1) is 0 Å². The Kier molecular flexibility index (Phi) is 5.96. The molecule has 7 heteroatoms. The van der Waals surface area contributed by atoms with Crippen LogP contribution < -0.4 is 11.1 Å². The van der Waals surface area contributed by atoms with E-state index in [-0.39, 0.29) is 5.97 Å². The maximum atomic E-state index is 11.9. The number of ether oxygens (including phenoxy) is 1. The number of hydrogen-bond acceptors (Lipinski definition) is 7. The third-order valence-electron chi connectivity index (χ3n) is 2.80. The zero-order chi connectivity index (χ0) is 15.2. The normalized spacial score (nSPS) is 10.6. The first-order chi connectivity index (χ1) is 10.2. The summed E-state index contributed by atoms with van der Waals surface area (Å²) in [4.78, 5) is 14.6. The molecule has 0 aliphatic heterocycles. The van der Waals surface area contributed by atoms with Gasteiger partial charge in [-0.25, -0.2) is 4.79 Å². The first-order valence-electron chi connectivity index (χ1n) is 6.57. The van der Waals surface area contributed by atoms with Gasteiger partial charge in [0.25, 0.3) is 0 Å². The maximum absolute atomic E-state index is 11.9. The van der Waals surface area contributed by atoms with Gasteiger partial charge in [-0.2, -0.15) is 0 Å². The number of anilines is 2. The van der Waals surface area contributed by atoms with E-state index < -0.39 is 0 Å². The third-order valence-corrected chi connectivity index (χ3v) is 5.84. The molecule has 0 aliphatic carbocycles. The predicted molar refractivity (Wildman–Crippen MR) is 93.0 cm³/mol. The minimum atomic E-state index is -0.346. The van der Waals surface area contributed by atoms with Crippen LogP contribution in [0.25, 0.3) is 0 Å². The van der Waals surface area contributed by atoms with Crippen LogP contribution in [0.4, 0.5) is 10.7 Å². The van der Waals surface area contributed by atoms with E-state index in [1.807, 2.05) is 6.26 Å². The van der Waals surface area contributed by atoms with Gasteiger partial charge in [0, 0.05) is 11.4 Å². The van der Waals surface area contributed by atoms with Crippen LogP contribution in [-0.4, -0.2) is 25.4 Å². The monoisotopic (exact) mass is 342 g/mol. The summed E-state index contributed by atoms with van der Waals surface area (Å²) in [7, 11) is 0. The minimum Gasteiger partial charge on any atom is -0.462 e. The van der Waals surface area contributed by atoms with Crippen molar-refractivity contribution < 1.29 is 9.53 Å². The van der Waals surface area contributed by atoms with Gasteiger partial charge in [-0.05, 0) is 31.0 Å². The molecule has 3 N–H and O–H groups in total. The second-order valence-corrected chi connectivity index (χ2v) is 7.05. The molecule has 2 heterocycles. The van der Waals surface area contributed by atoms with Gasteiger partial charge in [0.15, 0.2) is 0 Å². The second-order valence-electron chi connectivity index (χ2n) is 4.18. The Balaban J connectivity index is 2.07. The van der Waals surface area contributed by atoms with E-state index in [1.54, 1.807) is 30.0 Å². The molecule has 2 aromatic heterocycles. The summed E-state index contributed by atoms with van der Waals surface area (Å²) in [6.07, 6.45) is 2.91. The Labute approximate surface area is 136 Å². The molecule has 2 aromatic rings. The first-order valence-corrected chi connectivity index (χ1v) is 9.49. The lowest BCUT2D eigenvalue weighted by molar-refractivity contribution is 0.0533. The van der Waals surface area contributed by atoms with Gasteiger partial charge in [0.05, 0.1) is 17.2 Å². The van der Waals surface area contributed by atoms with Gasteiger partial charge < -0.3 is 15.8 Å². The van der Waals surface area contributed by atoms with E-state index in [4.69, 9.17) is 10.5 Å². The van der Waals surface area contributed by atoms with Gasteiger partial charge in [0.1, 0.15) is 9.88 Å². The SMILES string of the molecule is CCOC(=O)c1sc(NCCc2cccs2)c(SC)c1N. The zero-order valence-corrected chi connectivity index (χ0v) is 14.4. The molecular weight excluding hydrogens is 324 g/mol. The molecule has 0 fully saturated rings. The van der Waals surface area contributed by atoms with Crippen LogP contribution in [0.1, 0.15) is 21.5 Å². The number of carbonyl (C=O) groups is 1. The number of hydrogen-bond donors (Lipinski definition) is 2. The van der Waals surface area contributed by atoms with Crippen LogP contribution in [0.2, 0.25) is 0 Å². The van der Waals surface area contributed by atoms with Gasteiger partial charge >= 0.3 is 5.97 Å². The van der Waals surface area contributed by atoms with Gasteiger partial charge in [-0.3, -0.25) is 0 Å². The molecule has 114 valence electrons. The molecule has 2 rings (SSSR count). The molecule has 0 unspecified atom stereocenters. The number of nitrogens with two attached hydrogens (primary N) is 1. The number of thioether (sulfide) groups is 1. The lowest BCUT2D eigenvalue weighted by Crippen LogP contribution is -2.04. The van der Waals surface area contributed by atoms with Gasteiger partial charge in [-0.15, -0.1) is 34.4 Å². The number of esters is 1. The maximum Gasteiger partial charge on any atom is 0.350 e. The highest BCUT2D eigenvalue weighted by molar-refractivity contribution is 7.99. The quantitative estimate of drug-likeness (QED) is 0.589. The van der Waals surface area contributed by atoms with Crippen molar-refractivity contribution in [3.8, 4) is 0 Å². The molecule has 0 radical (unpaired) electrons. The van der Waals surface area contributed by atoms with Crippen LogP contribution in [0.15, 0.2) is 22.4 Å². The lowest BCUT2D eigenvalue weighted by atomic mass is 10.3. The average Bonchev–Trinajstić information content (AvgIpc) is 3.07. The van der Waals surface area contributed by atoms with Crippen molar-refractivity contribution >= 4 is 51.1 Å². The zero-order valence-electron chi connectivity index (χ0n) is 12.0. The highest BCUT2D eigenvalue weighted by Gasteiger charge is 2.21. The van der Waals surface area contributed by atoms with Crippen molar-refractivity contribution in [3.05, 3.63) is 27.3 Å². The molecule has 4 nitrogen and oxygen atoms in total. The molecule has 21 heavy (non-hydrogen) atoms. The van der Waals surface area contributed by atoms with Crippen LogP contribution in [0.5, 0.6) is 0 Å². The smallest absolute Gasteiger partial charge is 0.350 e. The summed E-state index contributed by atoms with van der Waals surface area (Å²) in [5.41, 5.74) is 6.58. The van der Waals surface area contributed by atoms with Crippen LogP contribution in [-0.2, 0) is 11.2 Å². The highest BCUT2D eigenvalue weighted by atomic mass is 32.2. The van der Waals surface area contributed by atoms with Crippen molar-refractivity contribution in [2.45, 2.75) is 18.2 Å². The van der Waals surface area contributed by atoms with E-state index in [2.05, 4.69) is 22.8 Å². The number of thiophene rings is 2. The fourth-order valence-corrected chi connectivity index (χ4v) is 4.51. The Morgan fingerprint density at radius 2 is 2.33 bits per heavy atom. The number of nitrogen functional groups attached to an aromatic ring is 1. The summed E-state index contributed by atoms with van der Waals surface area (Å²) in [5.74, 6) is -0.346. The predicted octanol–water partition coefficient (Wildman–Crippen LogP) is 3.95. The summed E-state index contributed by atoms with van der Waals surface area (Å²) >= 11 is 4.66. The fraction of sp³-hybridized carbons (Fsp3) is 0.357. The molecule has 0 saturated carbocycles. The Morgan fingerprint density at radius 3 is 2.95 bits per heavy atom. The average molecular weight is 343 g/mol. The number of carbonyl (C=O) groups excluding carboxylic acids is 1. The van der Waals surface area contributed by atoms with E-state index >= 15 is 0 Å².